The molecule has 8 heteroatoms. The molecule has 2 heterocycles. The number of anilines is 3. The van der Waals surface area contributed by atoms with Gasteiger partial charge in [0.2, 0.25) is 5.95 Å². The molecule has 2 N–H and O–H groups in total. The molecule has 1 aliphatic rings. The third-order valence-electron chi connectivity index (χ3n) is 4.45. The summed E-state index contributed by atoms with van der Waals surface area (Å²) in [5.41, 5.74) is 3.11. The monoisotopic (exact) mass is 370 g/mol. The number of halogens is 2. The van der Waals surface area contributed by atoms with Gasteiger partial charge in [-0.1, -0.05) is 0 Å². The normalized spacial score (nSPS) is 14.4. The van der Waals surface area contributed by atoms with Gasteiger partial charge >= 0.3 is 0 Å². The minimum atomic E-state index is -0.565. The molecular weight excluding hydrogens is 350 g/mol. The molecular formula is C19H20F2N6. The van der Waals surface area contributed by atoms with E-state index < -0.39 is 11.6 Å². The summed E-state index contributed by atoms with van der Waals surface area (Å²) in [6, 6.07) is 9.41. The van der Waals surface area contributed by atoms with E-state index in [9.17, 15) is 8.78 Å². The molecule has 1 fully saturated rings. The van der Waals surface area contributed by atoms with E-state index in [0.29, 0.717) is 5.95 Å². The van der Waals surface area contributed by atoms with Crippen LogP contribution in [-0.4, -0.2) is 40.9 Å². The van der Waals surface area contributed by atoms with Crippen LogP contribution in [0, 0.1) is 18.6 Å². The summed E-state index contributed by atoms with van der Waals surface area (Å²) in [4.78, 5) is 6.48. The predicted molar refractivity (Wildman–Crippen MR) is 101 cm³/mol. The zero-order chi connectivity index (χ0) is 18.8. The maximum atomic E-state index is 13.9. The maximum Gasteiger partial charge on any atom is 0.246 e. The molecule has 4 rings (SSSR count). The Morgan fingerprint density at radius 2 is 1.89 bits per heavy atom. The topological polar surface area (TPSA) is 58.0 Å². The highest BCUT2D eigenvalue weighted by atomic mass is 19.1. The predicted octanol–water partition coefficient (Wildman–Crippen LogP) is 3.01. The Labute approximate surface area is 155 Å². The van der Waals surface area contributed by atoms with Crippen molar-refractivity contribution >= 4 is 17.3 Å². The van der Waals surface area contributed by atoms with Crippen LogP contribution in [0.15, 0.2) is 42.7 Å². The van der Waals surface area contributed by atoms with Gasteiger partial charge in [0.15, 0.2) is 0 Å². The first-order valence-corrected chi connectivity index (χ1v) is 8.80. The number of rotatable bonds is 4. The van der Waals surface area contributed by atoms with Crippen LogP contribution in [0.25, 0.3) is 5.69 Å². The van der Waals surface area contributed by atoms with Crippen LogP contribution < -0.4 is 15.5 Å². The average molecular weight is 370 g/mol. The standard InChI is InChI=1S/C19H20F2N6/c1-13-8-15(11-16(9-13)26-6-4-22-5-7-26)24-19-23-12-27(25-19)18-10-14(20)2-3-17(18)21/h2-3,8-12,22H,4-7H2,1H3,(H,24,25). The van der Waals surface area contributed by atoms with Gasteiger partial charge in [0.05, 0.1) is 0 Å². The quantitative estimate of drug-likeness (QED) is 0.739. The van der Waals surface area contributed by atoms with E-state index in [1.807, 2.05) is 19.1 Å². The maximum absolute atomic E-state index is 13.9. The molecule has 0 radical (unpaired) electrons. The molecule has 2 aromatic carbocycles. The Bertz CT molecular complexity index is 949. The van der Waals surface area contributed by atoms with Gasteiger partial charge in [0.25, 0.3) is 0 Å². The van der Waals surface area contributed by atoms with Crippen LogP contribution in [-0.2, 0) is 0 Å². The SMILES string of the molecule is Cc1cc(Nc2ncn(-c3cc(F)ccc3F)n2)cc(N2CCNCC2)c1. The molecule has 140 valence electrons. The number of aryl methyl sites for hydroxylation is 1. The van der Waals surface area contributed by atoms with Gasteiger partial charge in [-0.3, -0.25) is 0 Å². The van der Waals surface area contributed by atoms with Gasteiger partial charge in [0.1, 0.15) is 23.6 Å². The van der Waals surface area contributed by atoms with Gasteiger partial charge in [-0.2, -0.15) is 4.98 Å². The Kier molecular flexibility index (Phi) is 4.72. The molecule has 27 heavy (non-hydrogen) atoms. The second-order valence-electron chi connectivity index (χ2n) is 6.53. The van der Waals surface area contributed by atoms with Crippen molar-refractivity contribution in [1.29, 1.82) is 0 Å². The fraction of sp³-hybridized carbons (Fsp3) is 0.263. The molecule has 1 aliphatic heterocycles. The number of nitrogens with one attached hydrogen (secondary N) is 2. The van der Waals surface area contributed by atoms with Crippen LogP contribution in [0.4, 0.5) is 26.1 Å². The lowest BCUT2D eigenvalue weighted by Gasteiger charge is -2.30. The minimum Gasteiger partial charge on any atom is -0.369 e. The van der Waals surface area contributed by atoms with Gasteiger partial charge in [0, 0.05) is 43.6 Å². The molecule has 6 nitrogen and oxygen atoms in total. The summed E-state index contributed by atoms with van der Waals surface area (Å²) >= 11 is 0. The third kappa shape index (κ3) is 3.90. The third-order valence-corrected chi connectivity index (χ3v) is 4.45. The average Bonchev–Trinajstić information content (AvgIpc) is 3.12. The first kappa shape index (κ1) is 17.4. The summed E-state index contributed by atoms with van der Waals surface area (Å²) in [6.07, 6.45) is 1.35. The van der Waals surface area contributed by atoms with Gasteiger partial charge < -0.3 is 15.5 Å². The summed E-state index contributed by atoms with van der Waals surface area (Å²) in [6.45, 7) is 5.86. The second kappa shape index (κ2) is 7.32. The van der Waals surface area contributed by atoms with Crippen molar-refractivity contribution in [2.45, 2.75) is 6.92 Å². The highest BCUT2D eigenvalue weighted by molar-refractivity contribution is 5.64. The van der Waals surface area contributed by atoms with Crippen LogP contribution in [0.2, 0.25) is 0 Å². The van der Waals surface area contributed by atoms with Crippen molar-refractivity contribution in [2.75, 3.05) is 36.4 Å². The van der Waals surface area contributed by atoms with Crippen LogP contribution in [0.3, 0.4) is 0 Å². The smallest absolute Gasteiger partial charge is 0.246 e. The fourth-order valence-corrected chi connectivity index (χ4v) is 3.17. The lowest BCUT2D eigenvalue weighted by Crippen LogP contribution is -2.43. The number of nitrogens with zero attached hydrogens (tertiary/aromatic N) is 4. The van der Waals surface area contributed by atoms with E-state index in [1.165, 1.54) is 11.0 Å². The van der Waals surface area contributed by atoms with Crippen molar-refractivity contribution in [3.8, 4) is 5.69 Å². The highest BCUT2D eigenvalue weighted by Crippen LogP contribution is 2.24. The van der Waals surface area contributed by atoms with E-state index >= 15 is 0 Å². The van der Waals surface area contributed by atoms with Crippen molar-refractivity contribution in [3.63, 3.8) is 0 Å². The first-order chi connectivity index (χ1) is 13.1. The Hall–Kier alpha value is -3.00. The van der Waals surface area contributed by atoms with Gasteiger partial charge in [-0.15, -0.1) is 5.10 Å². The molecule has 1 aromatic heterocycles. The van der Waals surface area contributed by atoms with E-state index in [4.69, 9.17) is 0 Å². The molecule has 1 saturated heterocycles. The Morgan fingerprint density at radius 1 is 1.07 bits per heavy atom. The Balaban J connectivity index is 1.57. The molecule has 0 bridgehead atoms. The molecule has 0 saturated carbocycles. The fourth-order valence-electron chi connectivity index (χ4n) is 3.17. The first-order valence-electron chi connectivity index (χ1n) is 8.80. The zero-order valence-corrected chi connectivity index (χ0v) is 14.9. The van der Waals surface area contributed by atoms with Crippen molar-refractivity contribution in [1.82, 2.24) is 20.1 Å². The van der Waals surface area contributed by atoms with Crippen molar-refractivity contribution < 1.29 is 8.78 Å². The largest absolute Gasteiger partial charge is 0.369 e. The Morgan fingerprint density at radius 3 is 2.70 bits per heavy atom. The number of hydrogen-bond donors (Lipinski definition) is 2. The van der Waals surface area contributed by atoms with Gasteiger partial charge in [-0.25, -0.2) is 13.5 Å². The number of benzene rings is 2. The zero-order valence-electron chi connectivity index (χ0n) is 14.9. The summed E-state index contributed by atoms with van der Waals surface area (Å²) in [5, 5.41) is 10.7. The van der Waals surface area contributed by atoms with E-state index in [1.54, 1.807) is 0 Å². The molecule has 0 unspecified atom stereocenters. The summed E-state index contributed by atoms with van der Waals surface area (Å²) in [5.74, 6) is -0.782. The van der Waals surface area contributed by atoms with E-state index in [2.05, 4.69) is 31.7 Å². The van der Waals surface area contributed by atoms with Crippen molar-refractivity contribution in [3.05, 3.63) is 59.9 Å². The van der Waals surface area contributed by atoms with Crippen LogP contribution in [0.5, 0.6) is 0 Å². The minimum absolute atomic E-state index is 0.0151. The molecule has 0 atom stereocenters. The lowest BCUT2D eigenvalue weighted by molar-refractivity contribution is 0.587. The lowest BCUT2D eigenvalue weighted by atomic mass is 10.1. The number of hydrogen-bond acceptors (Lipinski definition) is 5. The molecule has 0 aliphatic carbocycles. The number of aromatic nitrogens is 3. The molecule has 0 spiro atoms. The van der Waals surface area contributed by atoms with E-state index in [-0.39, 0.29) is 5.69 Å². The van der Waals surface area contributed by atoms with E-state index in [0.717, 1.165) is 61.3 Å². The number of piperazine rings is 1. The second-order valence-corrected chi connectivity index (χ2v) is 6.53. The summed E-state index contributed by atoms with van der Waals surface area (Å²) in [7, 11) is 0. The van der Waals surface area contributed by atoms with Crippen LogP contribution >= 0.6 is 0 Å². The van der Waals surface area contributed by atoms with Crippen LogP contribution in [0.1, 0.15) is 5.56 Å². The molecule has 3 aromatic rings. The highest BCUT2D eigenvalue weighted by Gasteiger charge is 2.13. The molecule has 0 amide bonds. The van der Waals surface area contributed by atoms with Crippen molar-refractivity contribution in [2.24, 2.45) is 0 Å². The van der Waals surface area contributed by atoms with Gasteiger partial charge in [-0.05, 0) is 42.8 Å². The summed E-state index contributed by atoms with van der Waals surface area (Å²) < 4.78 is 28.5.